The van der Waals surface area contributed by atoms with Crippen molar-refractivity contribution in [1.82, 2.24) is 4.57 Å². The lowest BCUT2D eigenvalue weighted by atomic mass is 9.92. The molecular formula is C56H36N2S. The summed E-state index contributed by atoms with van der Waals surface area (Å²) in [5.41, 5.74) is 11.7. The molecule has 0 unspecified atom stereocenters. The molecule has 12 aromatic rings. The van der Waals surface area contributed by atoms with Gasteiger partial charge in [0.2, 0.25) is 0 Å². The van der Waals surface area contributed by atoms with Crippen molar-refractivity contribution in [3.8, 4) is 27.9 Å². The first kappa shape index (κ1) is 33.7. The summed E-state index contributed by atoms with van der Waals surface area (Å²) in [5, 5.41) is 10.1. The van der Waals surface area contributed by atoms with Gasteiger partial charge in [-0.05, 0) is 111 Å². The predicted molar refractivity (Wildman–Crippen MR) is 254 cm³/mol. The van der Waals surface area contributed by atoms with E-state index in [2.05, 4.69) is 228 Å². The Morgan fingerprint density at radius 2 is 0.966 bits per heavy atom. The number of fused-ring (bicyclic) bond motifs is 9. The molecule has 0 amide bonds. The number of rotatable bonds is 6. The Balaban J connectivity index is 1.11. The van der Waals surface area contributed by atoms with Crippen LogP contribution >= 0.6 is 11.3 Å². The fraction of sp³-hybridized carbons (Fsp3) is 0. The largest absolute Gasteiger partial charge is 0.310 e. The summed E-state index contributed by atoms with van der Waals surface area (Å²) in [6.07, 6.45) is 0. The van der Waals surface area contributed by atoms with E-state index in [0.717, 1.165) is 22.7 Å². The summed E-state index contributed by atoms with van der Waals surface area (Å²) < 4.78 is 5.00. The molecule has 12 rings (SSSR count). The quantitative estimate of drug-likeness (QED) is 0.164. The predicted octanol–water partition coefficient (Wildman–Crippen LogP) is 16.3. The number of hydrogen-bond donors (Lipinski definition) is 0. The van der Waals surface area contributed by atoms with Crippen molar-refractivity contribution in [3.05, 3.63) is 218 Å². The van der Waals surface area contributed by atoms with Crippen molar-refractivity contribution in [3.63, 3.8) is 0 Å². The molecule has 0 aliphatic rings. The molecule has 0 atom stereocenters. The van der Waals surface area contributed by atoms with Crippen LogP contribution in [0.15, 0.2) is 218 Å². The van der Waals surface area contributed by atoms with Gasteiger partial charge in [0.15, 0.2) is 0 Å². The highest BCUT2D eigenvalue weighted by molar-refractivity contribution is 7.26. The number of benzene rings is 10. The summed E-state index contributed by atoms with van der Waals surface area (Å²) in [6.45, 7) is 0. The highest BCUT2D eigenvalue weighted by Crippen LogP contribution is 2.46. The summed E-state index contributed by atoms with van der Waals surface area (Å²) in [6, 6.07) is 80.1. The van der Waals surface area contributed by atoms with Crippen LogP contribution in [0.4, 0.5) is 17.1 Å². The van der Waals surface area contributed by atoms with Gasteiger partial charge in [-0.15, -0.1) is 11.3 Å². The van der Waals surface area contributed by atoms with E-state index in [4.69, 9.17) is 0 Å². The summed E-state index contributed by atoms with van der Waals surface area (Å²) in [7, 11) is 0. The molecule has 0 spiro atoms. The number of nitrogens with zero attached hydrogens (tertiary/aromatic N) is 2. The first-order valence-corrected chi connectivity index (χ1v) is 21.0. The van der Waals surface area contributed by atoms with E-state index in [1.54, 1.807) is 0 Å². The van der Waals surface area contributed by atoms with Gasteiger partial charge in [-0.1, -0.05) is 152 Å². The molecule has 2 nitrogen and oxygen atoms in total. The second-order valence-corrected chi connectivity index (χ2v) is 16.4. The molecule has 0 saturated heterocycles. The molecule has 0 aliphatic carbocycles. The van der Waals surface area contributed by atoms with Crippen LogP contribution in [0.25, 0.3) is 91.5 Å². The molecule has 0 saturated carbocycles. The molecule has 0 radical (unpaired) electrons. The minimum atomic E-state index is 1.10. The normalized spacial score (nSPS) is 11.7. The van der Waals surface area contributed by atoms with Crippen LogP contribution in [-0.2, 0) is 0 Å². The molecule has 59 heavy (non-hydrogen) atoms. The third-order valence-electron chi connectivity index (χ3n) is 11.9. The zero-order chi connectivity index (χ0) is 38.9. The van der Waals surface area contributed by atoms with Gasteiger partial charge < -0.3 is 9.47 Å². The molecule has 0 N–H and O–H groups in total. The first-order valence-electron chi connectivity index (χ1n) is 20.2. The standard InChI is InChI=1S/C56H36N2S/c1-3-14-38(15-4-1)46-30-26-43(34-51(46)41-24-23-37-13-7-8-17-40(37)33-41)57(45-27-31-49-50-29-25-39-16-9-10-20-47(39)56(50)59-55(49)36-45)44-28-32-54-52(35-44)48-21-11-12-22-53(48)58(54)42-18-5-2-6-19-42/h1-36H. The van der Waals surface area contributed by atoms with E-state index in [-0.39, 0.29) is 0 Å². The molecule has 3 heteroatoms. The maximum absolute atomic E-state index is 2.45. The highest BCUT2D eigenvalue weighted by Gasteiger charge is 2.21. The monoisotopic (exact) mass is 768 g/mol. The molecule has 276 valence electrons. The maximum Gasteiger partial charge on any atom is 0.0542 e. The van der Waals surface area contributed by atoms with E-state index < -0.39 is 0 Å². The third-order valence-corrected chi connectivity index (χ3v) is 13.1. The van der Waals surface area contributed by atoms with E-state index in [1.807, 2.05) is 11.3 Å². The summed E-state index contributed by atoms with van der Waals surface area (Å²) in [5.74, 6) is 0. The fourth-order valence-corrected chi connectivity index (χ4v) is 10.4. The van der Waals surface area contributed by atoms with Gasteiger partial charge in [-0.2, -0.15) is 0 Å². The molecular weight excluding hydrogens is 733 g/mol. The van der Waals surface area contributed by atoms with E-state index >= 15 is 0 Å². The van der Waals surface area contributed by atoms with E-state index in [0.29, 0.717) is 0 Å². The molecule has 2 aromatic heterocycles. The average Bonchev–Trinajstić information content (AvgIpc) is 3.85. The highest BCUT2D eigenvalue weighted by atomic mass is 32.1. The molecule has 0 aliphatic heterocycles. The number of para-hydroxylation sites is 2. The van der Waals surface area contributed by atoms with Gasteiger partial charge >= 0.3 is 0 Å². The van der Waals surface area contributed by atoms with Crippen LogP contribution in [0.1, 0.15) is 0 Å². The SMILES string of the molecule is c1ccc(-c2ccc(N(c3ccc4c(c3)sc3c5ccccc5ccc43)c3ccc4c(c3)c3ccccc3n4-c3ccccc3)cc2-c2ccc3ccccc3c2)cc1. The minimum absolute atomic E-state index is 1.10. The Kier molecular flexibility index (Phi) is 7.75. The van der Waals surface area contributed by atoms with Crippen molar-refractivity contribution in [2.45, 2.75) is 0 Å². The maximum atomic E-state index is 2.45. The second kappa shape index (κ2) is 13.6. The Labute approximate surface area is 346 Å². The zero-order valence-electron chi connectivity index (χ0n) is 32.1. The van der Waals surface area contributed by atoms with Crippen molar-refractivity contribution < 1.29 is 0 Å². The van der Waals surface area contributed by atoms with Crippen LogP contribution in [-0.4, -0.2) is 4.57 Å². The Hall–Kier alpha value is -7.46. The topological polar surface area (TPSA) is 8.17 Å². The van der Waals surface area contributed by atoms with Gasteiger partial charge in [0, 0.05) is 53.7 Å². The first-order chi connectivity index (χ1) is 29.2. The van der Waals surface area contributed by atoms with Crippen LogP contribution in [0, 0.1) is 0 Å². The minimum Gasteiger partial charge on any atom is -0.310 e. The van der Waals surface area contributed by atoms with Gasteiger partial charge in [-0.3, -0.25) is 0 Å². The summed E-state index contributed by atoms with van der Waals surface area (Å²) in [4.78, 5) is 2.45. The molecule has 2 heterocycles. The number of aromatic nitrogens is 1. The number of anilines is 3. The fourth-order valence-electron chi connectivity index (χ4n) is 9.17. The smallest absolute Gasteiger partial charge is 0.0542 e. The van der Waals surface area contributed by atoms with Crippen LogP contribution in [0.3, 0.4) is 0 Å². The van der Waals surface area contributed by atoms with E-state index in [9.17, 15) is 0 Å². The Morgan fingerprint density at radius 3 is 1.83 bits per heavy atom. The molecule has 0 bridgehead atoms. The van der Waals surface area contributed by atoms with Crippen LogP contribution in [0.5, 0.6) is 0 Å². The average molecular weight is 769 g/mol. The Morgan fingerprint density at radius 1 is 0.339 bits per heavy atom. The van der Waals surface area contributed by atoms with Crippen LogP contribution < -0.4 is 4.90 Å². The lowest BCUT2D eigenvalue weighted by molar-refractivity contribution is 1.18. The van der Waals surface area contributed by atoms with Crippen LogP contribution in [0.2, 0.25) is 0 Å². The third kappa shape index (κ3) is 5.55. The van der Waals surface area contributed by atoms with Crippen molar-refractivity contribution >= 4 is 91.9 Å². The van der Waals surface area contributed by atoms with Crippen molar-refractivity contribution in [2.75, 3.05) is 4.90 Å². The second-order valence-electron chi connectivity index (χ2n) is 15.3. The number of hydrogen-bond acceptors (Lipinski definition) is 2. The van der Waals surface area contributed by atoms with Gasteiger partial charge in [0.05, 0.1) is 11.0 Å². The lowest BCUT2D eigenvalue weighted by Crippen LogP contribution is -2.10. The van der Waals surface area contributed by atoms with Gasteiger partial charge in [0.1, 0.15) is 0 Å². The lowest BCUT2D eigenvalue weighted by Gasteiger charge is -2.27. The van der Waals surface area contributed by atoms with Gasteiger partial charge in [0.25, 0.3) is 0 Å². The van der Waals surface area contributed by atoms with Crippen molar-refractivity contribution in [1.29, 1.82) is 0 Å². The van der Waals surface area contributed by atoms with Crippen molar-refractivity contribution in [2.24, 2.45) is 0 Å². The van der Waals surface area contributed by atoms with E-state index in [1.165, 1.54) is 85.8 Å². The molecule has 10 aromatic carbocycles. The summed E-state index contributed by atoms with van der Waals surface area (Å²) >= 11 is 1.89. The molecule has 0 fully saturated rings. The van der Waals surface area contributed by atoms with Gasteiger partial charge in [-0.25, -0.2) is 0 Å². The Bertz CT molecular complexity index is 3560. The zero-order valence-corrected chi connectivity index (χ0v) is 32.9. The number of thiophene rings is 1.